The van der Waals surface area contributed by atoms with Gasteiger partial charge in [-0.05, 0) is 18.6 Å². The maximum absolute atomic E-state index is 11.7. The van der Waals surface area contributed by atoms with E-state index in [1.165, 1.54) is 96.3 Å². The number of hydrogen-bond acceptors (Lipinski definition) is 3. The van der Waals surface area contributed by atoms with Gasteiger partial charge in [0.2, 0.25) is 0 Å². The predicted molar refractivity (Wildman–Crippen MR) is 142 cm³/mol. The molecule has 2 rings (SSSR count). The average molecular weight is 515 g/mol. The van der Waals surface area contributed by atoms with Gasteiger partial charge in [0.15, 0.2) is 0 Å². The van der Waals surface area contributed by atoms with Crippen LogP contribution in [0.4, 0.5) is 0 Å². The molecule has 0 aliphatic carbocycles. The van der Waals surface area contributed by atoms with Crippen LogP contribution in [0.5, 0.6) is 0 Å². The van der Waals surface area contributed by atoms with Gasteiger partial charge < -0.3 is 4.74 Å². The van der Waals surface area contributed by atoms with E-state index in [0.29, 0.717) is 12.2 Å². The Morgan fingerprint density at radius 3 is 1.39 bits per heavy atom. The van der Waals surface area contributed by atoms with Crippen LogP contribution >= 0.6 is 12.6 Å². The molecule has 4 heteroatoms. The van der Waals surface area contributed by atoms with E-state index in [1.54, 1.807) is 12.1 Å². The summed E-state index contributed by atoms with van der Waals surface area (Å²) >= 11 is 4.25. The van der Waals surface area contributed by atoms with E-state index in [9.17, 15) is 4.79 Å². The molecule has 0 saturated carbocycles. The van der Waals surface area contributed by atoms with Gasteiger partial charge in [0.05, 0.1) is 6.61 Å². The fraction of sp³-hybridized carbons (Fsp3) is 0.621. The second kappa shape index (κ2) is 25.7. The van der Waals surface area contributed by atoms with Gasteiger partial charge in [-0.15, -0.1) is 0 Å². The maximum atomic E-state index is 11.7. The van der Waals surface area contributed by atoms with Crippen molar-refractivity contribution in [2.75, 3.05) is 12.4 Å². The molecule has 0 fully saturated rings. The Kier molecular flexibility index (Phi) is 24.9. The van der Waals surface area contributed by atoms with E-state index in [0.717, 1.165) is 12.2 Å². The molecule has 0 atom stereocenters. The second-order valence-electron chi connectivity index (χ2n) is 8.65. The molecule has 2 nitrogen and oxygen atoms in total. The van der Waals surface area contributed by atoms with E-state index >= 15 is 0 Å². The van der Waals surface area contributed by atoms with Crippen molar-refractivity contribution in [2.45, 2.75) is 103 Å². The van der Waals surface area contributed by atoms with E-state index < -0.39 is 0 Å². The average Bonchev–Trinajstić information content (AvgIpc) is 3.55. The third kappa shape index (κ3) is 21.3. The van der Waals surface area contributed by atoms with Crippen molar-refractivity contribution < 1.29 is 26.6 Å². The first kappa shape index (κ1) is 32.0. The molecule has 33 heavy (non-hydrogen) atoms. The van der Waals surface area contributed by atoms with Crippen LogP contribution in [0.1, 0.15) is 113 Å². The van der Waals surface area contributed by atoms with Crippen molar-refractivity contribution in [2.24, 2.45) is 0 Å². The number of rotatable bonds is 19. The fourth-order valence-corrected chi connectivity index (χ4v) is 3.99. The number of esters is 1. The van der Waals surface area contributed by atoms with Gasteiger partial charge >= 0.3 is 0 Å². The predicted octanol–water partition coefficient (Wildman–Crippen LogP) is 9.14. The topological polar surface area (TPSA) is 26.3 Å². The normalized spacial score (nSPS) is 10.2. The van der Waals surface area contributed by atoms with Crippen LogP contribution < -0.4 is 0 Å². The number of thiol groups is 1. The third-order valence-electron chi connectivity index (χ3n) is 5.74. The summed E-state index contributed by atoms with van der Waals surface area (Å²) < 4.78 is 5.27. The minimum Gasteiger partial charge on any atom is -0.471 e. The molecule has 2 aromatic carbocycles. The van der Waals surface area contributed by atoms with Crippen molar-refractivity contribution in [1.82, 2.24) is 0 Å². The maximum Gasteiger partial charge on any atom is 0.281 e. The molecule has 0 aromatic heterocycles. The number of carbonyl (C=O) groups excluding carboxylic acids is 1. The number of hydrogen-bond donors (Lipinski definition) is 1. The molecule has 0 aliphatic rings. The molecule has 0 amide bonds. The van der Waals surface area contributed by atoms with Gasteiger partial charge in [-0.2, -0.15) is 43.0 Å². The summed E-state index contributed by atoms with van der Waals surface area (Å²) in [4.78, 5) is 11.7. The standard InChI is InChI=1S/C24H41O2S.C5H5.Fe/c25-24(23-19-15-16-20-23)26-21-17-13-11-9-7-5-3-1-2-4-6-8-10-12-14-18-22-27;1-2-4-5-3-1;/h15-16,19-20,27H,1-14,17-18,21-22H2;1-5H;/q2*-1;. The summed E-state index contributed by atoms with van der Waals surface area (Å²) in [6.07, 6.45) is 21.5. The number of ether oxygens (including phenoxy) is 1. The molecular formula is C29H46FeO2S-2. The van der Waals surface area contributed by atoms with Crippen molar-refractivity contribution in [1.29, 1.82) is 0 Å². The van der Waals surface area contributed by atoms with E-state index in [2.05, 4.69) is 12.6 Å². The molecule has 2 aromatic rings. The smallest absolute Gasteiger partial charge is 0.281 e. The van der Waals surface area contributed by atoms with Gasteiger partial charge in [-0.25, -0.2) is 24.3 Å². The van der Waals surface area contributed by atoms with E-state index in [-0.39, 0.29) is 23.0 Å². The van der Waals surface area contributed by atoms with Gasteiger partial charge in [-0.1, -0.05) is 95.5 Å². The summed E-state index contributed by atoms with van der Waals surface area (Å²) in [6.45, 7) is 0.555. The zero-order chi connectivity index (χ0) is 23.0. The molecule has 0 bridgehead atoms. The van der Waals surface area contributed by atoms with Crippen molar-refractivity contribution >= 4 is 18.6 Å². The largest absolute Gasteiger partial charge is 0.471 e. The summed E-state index contributed by atoms with van der Waals surface area (Å²) in [5.74, 6) is 0.860. The molecule has 0 aliphatic heterocycles. The van der Waals surface area contributed by atoms with Crippen LogP contribution in [-0.4, -0.2) is 18.3 Å². The molecule has 0 saturated heterocycles. The molecule has 190 valence electrons. The monoisotopic (exact) mass is 514 g/mol. The summed E-state index contributed by atoms with van der Waals surface area (Å²) in [7, 11) is 0. The van der Waals surface area contributed by atoms with Crippen LogP contribution in [-0.2, 0) is 21.8 Å². The molecule has 0 N–H and O–H groups in total. The fourth-order valence-electron chi connectivity index (χ4n) is 3.77. The van der Waals surface area contributed by atoms with Crippen LogP contribution in [0.2, 0.25) is 0 Å². The number of carbonyl (C=O) groups is 1. The van der Waals surface area contributed by atoms with Gasteiger partial charge in [-0.3, -0.25) is 4.79 Å². The van der Waals surface area contributed by atoms with E-state index in [1.807, 2.05) is 42.5 Å². The number of unbranched alkanes of at least 4 members (excludes halogenated alkanes) is 15. The second-order valence-corrected chi connectivity index (χ2v) is 9.10. The van der Waals surface area contributed by atoms with Crippen molar-refractivity contribution in [3.63, 3.8) is 0 Å². The van der Waals surface area contributed by atoms with Crippen LogP contribution in [0.25, 0.3) is 0 Å². The zero-order valence-corrected chi connectivity index (χ0v) is 22.5. The van der Waals surface area contributed by atoms with Gasteiger partial charge in [0, 0.05) is 17.1 Å². The first-order valence-corrected chi connectivity index (χ1v) is 13.6. The van der Waals surface area contributed by atoms with Crippen LogP contribution in [0.3, 0.4) is 0 Å². The van der Waals surface area contributed by atoms with Gasteiger partial charge in [0.1, 0.15) is 0 Å². The molecular weight excluding hydrogens is 468 g/mol. The van der Waals surface area contributed by atoms with Crippen LogP contribution in [0, 0.1) is 0 Å². The first-order chi connectivity index (χ1) is 15.8. The Morgan fingerprint density at radius 2 is 1.03 bits per heavy atom. The van der Waals surface area contributed by atoms with Crippen molar-refractivity contribution in [3.8, 4) is 0 Å². The Morgan fingerprint density at radius 1 is 0.636 bits per heavy atom. The van der Waals surface area contributed by atoms with Crippen LogP contribution in [0.15, 0.2) is 54.6 Å². The first-order valence-electron chi connectivity index (χ1n) is 13.0. The summed E-state index contributed by atoms with van der Waals surface area (Å²) in [6, 6.07) is 17.3. The Balaban J connectivity index is 0.00000150. The summed E-state index contributed by atoms with van der Waals surface area (Å²) in [5, 5.41) is 0. The SMILES string of the molecule is O=C(OCCCCCCCCCCCCCCCCCCS)[c-]1cccc1.[Fe].c1cc[cH-]c1. The molecule has 0 radical (unpaired) electrons. The molecule has 0 spiro atoms. The Hall–Kier alpha value is -0.961. The van der Waals surface area contributed by atoms with E-state index in [4.69, 9.17) is 4.74 Å². The molecule has 0 unspecified atom stereocenters. The molecule has 0 heterocycles. The Bertz CT molecular complexity index is 578. The minimum atomic E-state index is -0.187. The third-order valence-corrected chi connectivity index (χ3v) is 6.06. The minimum absolute atomic E-state index is 0. The zero-order valence-electron chi connectivity index (χ0n) is 20.5. The quantitative estimate of drug-likeness (QED) is 0.0665. The Labute approximate surface area is 219 Å². The van der Waals surface area contributed by atoms with Crippen molar-refractivity contribution in [3.05, 3.63) is 60.2 Å². The van der Waals surface area contributed by atoms with Gasteiger partial charge in [0.25, 0.3) is 5.97 Å². The summed E-state index contributed by atoms with van der Waals surface area (Å²) in [5.41, 5.74) is 0.666.